The molecule has 1 aliphatic heterocycles. The maximum absolute atomic E-state index is 9.34. The van der Waals surface area contributed by atoms with Gasteiger partial charge in [-0.15, -0.1) is 0 Å². The molecule has 0 aromatic heterocycles. The molecule has 0 saturated carbocycles. The summed E-state index contributed by atoms with van der Waals surface area (Å²) in [4.78, 5) is 7.05. The zero-order valence-electron chi connectivity index (χ0n) is 16.2. The van der Waals surface area contributed by atoms with E-state index in [-0.39, 0.29) is 12.0 Å². The van der Waals surface area contributed by atoms with Crippen LogP contribution < -0.4 is 10.6 Å². The lowest BCUT2D eigenvalue weighted by Crippen LogP contribution is -2.41. The summed E-state index contributed by atoms with van der Waals surface area (Å²) in [6, 6.07) is 10.5. The molecule has 6 nitrogen and oxygen atoms in total. The summed E-state index contributed by atoms with van der Waals surface area (Å²) < 4.78 is 5.55. The molecule has 1 fully saturated rings. The average Bonchev–Trinajstić information content (AvgIpc) is 3.10. The molecule has 1 aromatic carbocycles. The quantitative estimate of drug-likeness (QED) is 0.434. The molecular weight excluding hydrogens is 328 g/mol. The molecule has 0 aliphatic carbocycles. The highest BCUT2D eigenvalue weighted by Crippen LogP contribution is 2.32. The molecule has 2 rings (SSSR count). The molecule has 3 N–H and O–H groups in total. The predicted molar refractivity (Wildman–Crippen MR) is 106 cm³/mol. The van der Waals surface area contributed by atoms with E-state index in [1.54, 1.807) is 0 Å². The number of aliphatic imine (C=N–C) groups is 1. The minimum absolute atomic E-state index is 0.0127. The highest BCUT2D eigenvalue weighted by molar-refractivity contribution is 5.79. The Hall–Kier alpha value is -1.63. The number of aliphatic hydroxyl groups is 1. The number of benzene rings is 1. The fraction of sp³-hybridized carbons (Fsp3) is 0.650. The van der Waals surface area contributed by atoms with Crippen molar-refractivity contribution >= 4 is 5.96 Å². The van der Waals surface area contributed by atoms with Crippen molar-refractivity contribution in [1.29, 1.82) is 0 Å². The SMILES string of the molecule is CCNC(=NCC1(CCO)CCOC1)NCCN(C)Cc1ccccc1. The van der Waals surface area contributed by atoms with Crippen LogP contribution in [0, 0.1) is 5.41 Å². The van der Waals surface area contributed by atoms with Crippen LogP contribution >= 0.6 is 0 Å². The van der Waals surface area contributed by atoms with Crippen LogP contribution in [0.15, 0.2) is 35.3 Å². The predicted octanol–water partition coefficient (Wildman–Crippen LogP) is 1.46. The number of likely N-dealkylation sites (N-methyl/N-ethyl adjacent to an activating group) is 1. The average molecular weight is 363 g/mol. The lowest BCUT2D eigenvalue weighted by atomic mass is 9.84. The number of aliphatic hydroxyl groups excluding tert-OH is 1. The zero-order chi connectivity index (χ0) is 18.7. The molecular formula is C20H34N4O2. The number of nitrogens with one attached hydrogen (secondary N) is 2. The summed E-state index contributed by atoms with van der Waals surface area (Å²) >= 11 is 0. The van der Waals surface area contributed by atoms with Gasteiger partial charge in [-0.3, -0.25) is 4.99 Å². The van der Waals surface area contributed by atoms with Gasteiger partial charge in [0.05, 0.1) is 13.2 Å². The Morgan fingerprint density at radius 2 is 2.12 bits per heavy atom. The lowest BCUT2D eigenvalue weighted by molar-refractivity contribution is 0.131. The third kappa shape index (κ3) is 6.94. The summed E-state index contributed by atoms with van der Waals surface area (Å²) in [5, 5.41) is 16.1. The van der Waals surface area contributed by atoms with Crippen LogP contribution in [0.25, 0.3) is 0 Å². The first-order valence-corrected chi connectivity index (χ1v) is 9.61. The van der Waals surface area contributed by atoms with Crippen molar-refractivity contribution in [2.75, 3.05) is 53.0 Å². The first-order valence-electron chi connectivity index (χ1n) is 9.61. The van der Waals surface area contributed by atoms with E-state index in [9.17, 15) is 5.11 Å². The molecule has 1 saturated heterocycles. The number of hydrogen-bond acceptors (Lipinski definition) is 4. The van der Waals surface area contributed by atoms with Gasteiger partial charge in [-0.1, -0.05) is 30.3 Å². The van der Waals surface area contributed by atoms with Crippen LogP contribution in [0.4, 0.5) is 0 Å². The molecule has 0 radical (unpaired) electrons. The second-order valence-corrected chi connectivity index (χ2v) is 7.12. The van der Waals surface area contributed by atoms with Gasteiger partial charge in [0.2, 0.25) is 0 Å². The minimum Gasteiger partial charge on any atom is -0.396 e. The summed E-state index contributed by atoms with van der Waals surface area (Å²) in [5.41, 5.74) is 1.31. The van der Waals surface area contributed by atoms with Gasteiger partial charge in [0.1, 0.15) is 0 Å². The number of rotatable bonds is 10. The summed E-state index contributed by atoms with van der Waals surface area (Å²) in [6.45, 7) is 7.93. The summed E-state index contributed by atoms with van der Waals surface area (Å²) in [6.07, 6.45) is 1.71. The molecule has 1 unspecified atom stereocenters. The van der Waals surface area contributed by atoms with Crippen molar-refractivity contribution in [1.82, 2.24) is 15.5 Å². The standard InChI is InChI=1S/C20H34N4O2/c1-3-21-19(23-16-20(9-13-25)10-14-26-17-20)22-11-12-24(2)15-18-7-5-4-6-8-18/h4-8,25H,3,9-17H2,1-2H3,(H2,21,22,23). The maximum Gasteiger partial charge on any atom is 0.191 e. The van der Waals surface area contributed by atoms with Crippen LogP contribution in [-0.4, -0.2) is 69.0 Å². The molecule has 146 valence electrons. The largest absolute Gasteiger partial charge is 0.396 e. The molecule has 6 heteroatoms. The number of hydrogen-bond donors (Lipinski definition) is 3. The number of nitrogens with zero attached hydrogens (tertiary/aromatic N) is 2. The van der Waals surface area contributed by atoms with Gasteiger partial charge in [-0.05, 0) is 32.4 Å². The van der Waals surface area contributed by atoms with E-state index in [0.29, 0.717) is 13.2 Å². The first kappa shape index (κ1) is 20.7. The van der Waals surface area contributed by atoms with Gasteiger partial charge in [-0.25, -0.2) is 0 Å². The first-order chi connectivity index (χ1) is 12.7. The van der Waals surface area contributed by atoms with E-state index >= 15 is 0 Å². The third-order valence-corrected chi connectivity index (χ3v) is 4.83. The fourth-order valence-electron chi connectivity index (χ4n) is 3.22. The van der Waals surface area contributed by atoms with Crippen molar-refractivity contribution in [2.45, 2.75) is 26.3 Å². The fourth-order valence-corrected chi connectivity index (χ4v) is 3.22. The Morgan fingerprint density at radius 3 is 2.77 bits per heavy atom. The highest BCUT2D eigenvalue weighted by atomic mass is 16.5. The highest BCUT2D eigenvalue weighted by Gasteiger charge is 2.34. The van der Waals surface area contributed by atoms with Crippen LogP contribution in [0.3, 0.4) is 0 Å². The Bertz CT molecular complexity index is 530. The Kier molecular flexibility index (Phi) is 8.88. The Balaban J connectivity index is 1.79. The van der Waals surface area contributed by atoms with Crippen LogP contribution in [0.1, 0.15) is 25.3 Å². The Labute approximate surface area is 157 Å². The molecule has 0 bridgehead atoms. The molecule has 1 atom stereocenters. The maximum atomic E-state index is 9.34. The van der Waals surface area contributed by atoms with Crippen molar-refractivity contribution < 1.29 is 9.84 Å². The van der Waals surface area contributed by atoms with E-state index in [4.69, 9.17) is 9.73 Å². The van der Waals surface area contributed by atoms with Gasteiger partial charge >= 0.3 is 0 Å². The summed E-state index contributed by atoms with van der Waals surface area (Å²) in [5.74, 6) is 0.838. The molecule has 1 aromatic rings. The van der Waals surface area contributed by atoms with E-state index in [1.165, 1.54) is 5.56 Å². The Morgan fingerprint density at radius 1 is 1.31 bits per heavy atom. The molecule has 1 heterocycles. The van der Waals surface area contributed by atoms with E-state index in [0.717, 1.165) is 51.6 Å². The van der Waals surface area contributed by atoms with Crippen molar-refractivity contribution in [3.8, 4) is 0 Å². The van der Waals surface area contributed by atoms with E-state index < -0.39 is 0 Å². The lowest BCUT2D eigenvalue weighted by Gasteiger charge is -2.25. The third-order valence-electron chi connectivity index (χ3n) is 4.83. The van der Waals surface area contributed by atoms with Gasteiger partial charge in [0, 0.05) is 44.8 Å². The minimum atomic E-state index is -0.0127. The van der Waals surface area contributed by atoms with Gasteiger partial charge in [0.15, 0.2) is 5.96 Å². The number of guanidine groups is 1. The monoisotopic (exact) mass is 362 g/mol. The van der Waals surface area contributed by atoms with E-state index in [2.05, 4.69) is 53.8 Å². The smallest absolute Gasteiger partial charge is 0.191 e. The molecule has 0 spiro atoms. The van der Waals surface area contributed by atoms with Gasteiger partial charge in [0.25, 0.3) is 0 Å². The molecule has 1 aliphatic rings. The molecule has 0 amide bonds. The van der Waals surface area contributed by atoms with Crippen LogP contribution in [0.5, 0.6) is 0 Å². The topological polar surface area (TPSA) is 69.1 Å². The van der Waals surface area contributed by atoms with Gasteiger partial charge in [-0.2, -0.15) is 0 Å². The van der Waals surface area contributed by atoms with Crippen molar-refractivity contribution in [3.63, 3.8) is 0 Å². The molecule has 26 heavy (non-hydrogen) atoms. The van der Waals surface area contributed by atoms with E-state index in [1.807, 2.05) is 6.07 Å². The number of ether oxygens (including phenoxy) is 1. The zero-order valence-corrected chi connectivity index (χ0v) is 16.2. The normalized spacial score (nSPS) is 20.5. The van der Waals surface area contributed by atoms with Crippen LogP contribution in [0.2, 0.25) is 0 Å². The second kappa shape index (κ2) is 11.2. The van der Waals surface area contributed by atoms with Crippen molar-refractivity contribution in [2.24, 2.45) is 10.4 Å². The van der Waals surface area contributed by atoms with Crippen LogP contribution in [-0.2, 0) is 11.3 Å². The van der Waals surface area contributed by atoms with Crippen molar-refractivity contribution in [3.05, 3.63) is 35.9 Å². The second-order valence-electron chi connectivity index (χ2n) is 7.12. The summed E-state index contributed by atoms with van der Waals surface area (Å²) in [7, 11) is 2.13. The van der Waals surface area contributed by atoms with Gasteiger partial charge < -0.3 is 25.4 Å².